The maximum absolute atomic E-state index is 13.4. The van der Waals surface area contributed by atoms with Gasteiger partial charge in [-0.1, -0.05) is 12.1 Å². The predicted octanol–water partition coefficient (Wildman–Crippen LogP) is 3.52. The van der Waals surface area contributed by atoms with Crippen LogP contribution in [0.2, 0.25) is 0 Å². The summed E-state index contributed by atoms with van der Waals surface area (Å²) in [6, 6.07) is 14.6. The highest BCUT2D eigenvalue weighted by Crippen LogP contribution is 2.24. The largest absolute Gasteiger partial charge is 0.494 e. The highest BCUT2D eigenvalue weighted by atomic mass is 32.2. The number of hydrogen-bond acceptors (Lipinski definition) is 5. The molecule has 7 heteroatoms. The summed E-state index contributed by atoms with van der Waals surface area (Å²) in [5.74, 6) is 0.663. The van der Waals surface area contributed by atoms with Gasteiger partial charge in [0, 0.05) is 39.5 Å². The smallest absolute Gasteiger partial charge is 0.243 e. The standard InChI is InChI=1S/C22H30N2O4S/c1-4-27-20-11-13-22(14-12-20)29(25,26)24(17-21-6-5-15-28-21)16-18-7-9-19(10-8-18)23(2)3/h7-14,21H,4-6,15-17H2,1-3H3/t21-/m0/s1. The van der Waals surface area contributed by atoms with Gasteiger partial charge in [0.15, 0.2) is 0 Å². The minimum Gasteiger partial charge on any atom is -0.494 e. The maximum atomic E-state index is 13.4. The molecule has 6 nitrogen and oxygen atoms in total. The van der Waals surface area contributed by atoms with E-state index in [1.807, 2.05) is 50.2 Å². The molecule has 0 bridgehead atoms. The molecule has 1 aliphatic rings. The first kappa shape index (κ1) is 21.6. The predicted molar refractivity (Wildman–Crippen MR) is 115 cm³/mol. The third-order valence-corrected chi connectivity index (χ3v) is 6.84. The number of nitrogens with zero attached hydrogens (tertiary/aromatic N) is 2. The van der Waals surface area contributed by atoms with E-state index in [-0.39, 0.29) is 11.0 Å². The van der Waals surface area contributed by atoms with E-state index >= 15 is 0 Å². The SMILES string of the molecule is CCOc1ccc(S(=O)(=O)N(Cc2ccc(N(C)C)cc2)C[C@@H]2CCCO2)cc1. The summed E-state index contributed by atoms with van der Waals surface area (Å²) in [7, 11) is 0.305. The highest BCUT2D eigenvalue weighted by molar-refractivity contribution is 7.89. The molecule has 0 aromatic heterocycles. The molecule has 2 aromatic rings. The maximum Gasteiger partial charge on any atom is 0.243 e. The van der Waals surface area contributed by atoms with Crippen LogP contribution in [0.3, 0.4) is 0 Å². The van der Waals surface area contributed by atoms with E-state index in [1.165, 1.54) is 4.31 Å². The summed E-state index contributed by atoms with van der Waals surface area (Å²) in [4.78, 5) is 2.29. The molecule has 0 amide bonds. The van der Waals surface area contributed by atoms with Gasteiger partial charge in [-0.15, -0.1) is 0 Å². The van der Waals surface area contributed by atoms with E-state index in [1.54, 1.807) is 24.3 Å². The van der Waals surface area contributed by atoms with Crippen LogP contribution in [0.25, 0.3) is 0 Å². The Labute approximate surface area is 174 Å². The highest BCUT2D eigenvalue weighted by Gasteiger charge is 2.29. The molecular weight excluding hydrogens is 388 g/mol. The number of hydrogen-bond donors (Lipinski definition) is 0. The van der Waals surface area contributed by atoms with E-state index in [0.717, 1.165) is 24.1 Å². The number of anilines is 1. The molecule has 3 rings (SSSR count). The van der Waals surface area contributed by atoms with Crippen molar-refractivity contribution in [2.75, 3.05) is 38.8 Å². The molecule has 1 aliphatic heterocycles. The molecule has 2 aromatic carbocycles. The zero-order valence-corrected chi connectivity index (χ0v) is 18.2. The molecule has 29 heavy (non-hydrogen) atoms. The Morgan fingerprint density at radius 1 is 1.07 bits per heavy atom. The van der Waals surface area contributed by atoms with Crippen LogP contribution in [0.1, 0.15) is 25.3 Å². The van der Waals surface area contributed by atoms with Crippen molar-refractivity contribution in [3.8, 4) is 5.75 Å². The van der Waals surface area contributed by atoms with Crippen LogP contribution in [0, 0.1) is 0 Å². The fourth-order valence-electron chi connectivity index (χ4n) is 3.39. The second kappa shape index (κ2) is 9.61. The van der Waals surface area contributed by atoms with Gasteiger partial charge in [-0.3, -0.25) is 0 Å². The summed E-state index contributed by atoms with van der Waals surface area (Å²) in [6.07, 6.45) is 1.79. The van der Waals surface area contributed by atoms with E-state index in [4.69, 9.17) is 9.47 Å². The molecule has 0 unspecified atom stereocenters. The lowest BCUT2D eigenvalue weighted by Gasteiger charge is -2.25. The number of ether oxygens (including phenoxy) is 2. The number of rotatable bonds is 9. The van der Waals surface area contributed by atoms with Crippen molar-refractivity contribution in [3.05, 3.63) is 54.1 Å². The first-order valence-electron chi connectivity index (χ1n) is 10.0. The molecule has 1 heterocycles. The molecule has 158 valence electrons. The van der Waals surface area contributed by atoms with Crippen LogP contribution in [-0.2, 0) is 21.3 Å². The Hall–Kier alpha value is -2.09. The Kier molecular flexibility index (Phi) is 7.16. The van der Waals surface area contributed by atoms with Crippen molar-refractivity contribution in [1.82, 2.24) is 4.31 Å². The van der Waals surface area contributed by atoms with Gasteiger partial charge in [0.1, 0.15) is 5.75 Å². The Balaban J connectivity index is 1.84. The number of sulfonamides is 1. The van der Waals surface area contributed by atoms with E-state index < -0.39 is 10.0 Å². The minimum absolute atomic E-state index is 0.0616. The van der Waals surface area contributed by atoms with Crippen LogP contribution < -0.4 is 9.64 Å². The van der Waals surface area contributed by atoms with Crippen LogP contribution in [0.15, 0.2) is 53.4 Å². The molecular formula is C22H30N2O4S. The normalized spacial score (nSPS) is 16.9. The Bertz CT molecular complexity index is 874. The second-order valence-electron chi connectivity index (χ2n) is 7.40. The van der Waals surface area contributed by atoms with E-state index in [0.29, 0.717) is 32.1 Å². The van der Waals surface area contributed by atoms with Crippen molar-refractivity contribution < 1.29 is 17.9 Å². The second-order valence-corrected chi connectivity index (χ2v) is 9.34. The third kappa shape index (κ3) is 5.50. The molecule has 1 fully saturated rings. The first-order valence-corrected chi connectivity index (χ1v) is 11.4. The summed E-state index contributed by atoms with van der Waals surface area (Å²) < 4.78 is 39.5. The van der Waals surface area contributed by atoms with Gasteiger partial charge in [0.2, 0.25) is 10.0 Å². The van der Waals surface area contributed by atoms with Gasteiger partial charge in [0.25, 0.3) is 0 Å². The van der Waals surface area contributed by atoms with Crippen molar-refractivity contribution in [2.45, 2.75) is 37.3 Å². The van der Waals surface area contributed by atoms with Gasteiger partial charge < -0.3 is 14.4 Å². The topological polar surface area (TPSA) is 59.1 Å². The van der Waals surface area contributed by atoms with Crippen molar-refractivity contribution in [2.24, 2.45) is 0 Å². The summed E-state index contributed by atoms with van der Waals surface area (Å²) in [6.45, 7) is 3.79. The lowest BCUT2D eigenvalue weighted by Crippen LogP contribution is -2.37. The van der Waals surface area contributed by atoms with Crippen molar-refractivity contribution >= 4 is 15.7 Å². The first-order chi connectivity index (χ1) is 13.9. The van der Waals surface area contributed by atoms with Gasteiger partial charge in [-0.05, 0) is 61.7 Å². The molecule has 0 radical (unpaired) electrons. The van der Waals surface area contributed by atoms with Gasteiger partial charge in [0.05, 0.1) is 17.6 Å². The van der Waals surface area contributed by atoms with Crippen LogP contribution >= 0.6 is 0 Å². The Morgan fingerprint density at radius 3 is 2.31 bits per heavy atom. The fourth-order valence-corrected chi connectivity index (χ4v) is 4.85. The average Bonchev–Trinajstić information content (AvgIpc) is 3.22. The number of benzene rings is 2. The molecule has 0 spiro atoms. The minimum atomic E-state index is -3.66. The van der Waals surface area contributed by atoms with Crippen LogP contribution in [-0.4, -0.2) is 52.7 Å². The van der Waals surface area contributed by atoms with E-state index in [9.17, 15) is 8.42 Å². The molecule has 0 saturated carbocycles. The molecule has 1 saturated heterocycles. The van der Waals surface area contributed by atoms with Gasteiger partial charge in [-0.25, -0.2) is 8.42 Å². The quantitative estimate of drug-likeness (QED) is 0.624. The zero-order valence-electron chi connectivity index (χ0n) is 17.4. The van der Waals surface area contributed by atoms with E-state index in [2.05, 4.69) is 0 Å². The average molecular weight is 419 g/mol. The molecule has 1 atom stereocenters. The van der Waals surface area contributed by atoms with Crippen molar-refractivity contribution in [3.63, 3.8) is 0 Å². The molecule has 0 aliphatic carbocycles. The van der Waals surface area contributed by atoms with Gasteiger partial charge >= 0.3 is 0 Å². The Morgan fingerprint density at radius 2 is 1.76 bits per heavy atom. The fraction of sp³-hybridized carbons (Fsp3) is 0.455. The third-order valence-electron chi connectivity index (χ3n) is 5.02. The van der Waals surface area contributed by atoms with Crippen LogP contribution in [0.4, 0.5) is 5.69 Å². The van der Waals surface area contributed by atoms with Crippen LogP contribution in [0.5, 0.6) is 5.75 Å². The monoisotopic (exact) mass is 418 g/mol. The molecule has 0 N–H and O–H groups in total. The van der Waals surface area contributed by atoms with Crippen molar-refractivity contribution in [1.29, 1.82) is 0 Å². The lowest BCUT2D eigenvalue weighted by molar-refractivity contribution is 0.0926. The zero-order chi connectivity index (χ0) is 20.9. The summed E-state index contributed by atoms with van der Waals surface area (Å²) >= 11 is 0. The summed E-state index contributed by atoms with van der Waals surface area (Å²) in [5, 5.41) is 0. The lowest BCUT2D eigenvalue weighted by atomic mass is 10.2. The summed E-state index contributed by atoms with van der Waals surface area (Å²) in [5.41, 5.74) is 2.02. The van der Waals surface area contributed by atoms with Gasteiger partial charge in [-0.2, -0.15) is 4.31 Å².